The fourth-order valence-electron chi connectivity index (χ4n) is 6.07. The van der Waals surface area contributed by atoms with Crippen molar-refractivity contribution in [3.63, 3.8) is 0 Å². The summed E-state index contributed by atoms with van der Waals surface area (Å²) in [6, 6.07) is 23.9. The van der Waals surface area contributed by atoms with E-state index in [1.54, 1.807) is 12.1 Å². The van der Waals surface area contributed by atoms with Crippen LogP contribution in [-0.2, 0) is 19.5 Å². The van der Waals surface area contributed by atoms with Gasteiger partial charge in [0.1, 0.15) is 18.2 Å². The van der Waals surface area contributed by atoms with Crippen LogP contribution in [0.1, 0.15) is 48.8 Å². The summed E-state index contributed by atoms with van der Waals surface area (Å²) in [5, 5.41) is 0.804. The van der Waals surface area contributed by atoms with Gasteiger partial charge in [-0.15, -0.1) is 0 Å². The molecule has 1 fully saturated rings. The van der Waals surface area contributed by atoms with Gasteiger partial charge in [0.05, 0.1) is 0 Å². The number of likely N-dealkylation sites (tertiary alicyclic amines) is 1. The number of para-hydroxylation sites is 1. The zero-order chi connectivity index (χ0) is 25.5. The van der Waals surface area contributed by atoms with E-state index in [1.165, 1.54) is 43.2 Å². The van der Waals surface area contributed by atoms with Gasteiger partial charge in [-0.1, -0.05) is 66.6 Å². The van der Waals surface area contributed by atoms with Crippen molar-refractivity contribution >= 4 is 11.6 Å². The van der Waals surface area contributed by atoms with Gasteiger partial charge in [-0.2, -0.15) is 0 Å². The molecule has 1 spiro atoms. The van der Waals surface area contributed by atoms with Crippen LogP contribution in [0, 0.1) is 11.2 Å². The molecule has 0 unspecified atom stereocenters. The van der Waals surface area contributed by atoms with Crippen molar-refractivity contribution in [3.05, 3.63) is 100 Å². The minimum Gasteiger partial charge on any atom is -0.492 e. The van der Waals surface area contributed by atoms with E-state index in [0.29, 0.717) is 13.2 Å². The van der Waals surface area contributed by atoms with Crippen LogP contribution in [0.3, 0.4) is 0 Å². The van der Waals surface area contributed by atoms with Gasteiger partial charge in [-0.05, 0) is 86.0 Å². The first kappa shape index (κ1) is 26.2. The number of hydrogen-bond donors (Lipinski definition) is 0. The molecule has 0 amide bonds. The molecule has 0 N–H and O–H groups in total. The van der Waals surface area contributed by atoms with Crippen molar-refractivity contribution < 1.29 is 9.13 Å². The van der Waals surface area contributed by atoms with E-state index in [-0.39, 0.29) is 11.2 Å². The molecule has 5 rings (SSSR count). The Hall–Kier alpha value is -2.40. The van der Waals surface area contributed by atoms with Gasteiger partial charge in [0, 0.05) is 36.8 Å². The van der Waals surface area contributed by atoms with Crippen LogP contribution < -0.4 is 4.74 Å². The first-order chi connectivity index (χ1) is 18.1. The van der Waals surface area contributed by atoms with Crippen LogP contribution in [0.2, 0.25) is 5.02 Å². The number of aryl methyl sites for hydroxylation is 1. The van der Waals surface area contributed by atoms with Crippen molar-refractivity contribution in [2.75, 3.05) is 32.8 Å². The number of halogens is 2. The SMILES string of the molecule is Fc1ccccc1CN1CCOc2ccccc2CCCCC2(CCN(Cc3cccc(Cl)c3)CC2)C1. The quantitative estimate of drug-likeness (QED) is 0.357. The second-order valence-electron chi connectivity index (χ2n) is 10.9. The normalized spacial score (nSPS) is 19.4. The van der Waals surface area contributed by atoms with Gasteiger partial charge < -0.3 is 4.74 Å². The van der Waals surface area contributed by atoms with E-state index in [9.17, 15) is 4.39 Å². The van der Waals surface area contributed by atoms with Crippen molar-refractivity contribution in [2.45, 2.75) is 51.6 Å². The lowest BCUT2D eigenvalue weighted by atomic mass is 9.73. The number of fused-ring (bicyclic) bond motifs is 1. The van der Waals surface area contributed by atoms with Gasteiger partial charge >= 0.3 is 0 Å². The van der Waals surface area contributed by atoms with E-state index in [2.05, 4.69) is 40.1 Å². The molecular formula is C32H38ClFN2O. The molecule has 2 aliphatic rings. The highest BCUT2D eigenvalue weighted by molar-refractivity contribution is 6.30. The predicted molar refractivity (Wildman–Crippen MR) is 150 cm³/mol. The number of nitrogens with zero attached hydrogens (tertiary/aromatic N) is 2. The fourth-order valence-corrected chi connectivity index (χ4v) is 6.29. The monoisotopic (exact) mass is 520 g/mol. The summed E-state index contributed by atoms with van der Waals surface area (Å²) in [4.78, 5) is 5.00. The predicted octanol–water partition coefficient (Wildman–Crippen LogP) is 7.37. The molecule has 5 heteroatoms. The summed E-state index contributed by atoms with van der Waals surface area (Å²) in [6.45, 7) is 6.11. The van der Waals surface area contributed by atoms with E-state index < -0.39 is 0 Å². The lowest BCUT2D eigenvalue weighted by Gasteiger charge is -2.45. The Kier molecular flexibility index (Phi) is 8.81. The fraction of sp³-hybridized carbons (Fsp3) is 0.438. The summed E-state index contributed by atoms with van der Waals surface area (Å²) in [7, 11) is 0. The van der Waals surface area contributed by atoms with Gasteiger partial charge in [0.15, 0.2) is 0 Å². The minimum absolute atomic E-state index is 0.120. The van der Waals surface area contributed by atoms with E-state index in [0.717, 1.165) is 55.5 Å². The standard InChI is InChI=1S/C32H38ClFN2O/c33-29-12-7-8-26(22-29)23-35-18-16-32(17-19-35)15-6-5-10-27-9-2-4-14-31(27)37-21-20-36(25-32)24-28-11-1-3-13-30(28)34/h1-4,7-9,11-14,22H,5-6,10,15-21,23-25H2. The number of rotatable bonds is 4. The third kappa shape index (κ3) is 7.13. The summed E-state index contributed by atoms with van der Waals surface area (Å²) in [5.74, 6) is 0.878. The lowest BCUT2D eigenvalue weighted by Crippen LogP contribution is -2.47. The zero-order valence-electron chi connectivity index (χ0n) is 21.7. The van der Waals surface area contributed by atoms with Crippen LogP contribution >= 0.6 is 11.6 Å². The zero-order valence-corrected chi connectivity index (χ0v) is 22.4. The molecule has 196 valence electrons. The van der Waals surface area contributed by atoms with Crippen molar-refractivity contribution in [1.29, 1.82) is 0 Å². The number of benzene rings is 3. The third-order valence-electron chi connectivity index (χ3n) is 8.16. The molecule has 3 aromatic rings. The molecule has 3 aromatic carbocycles. The Morgan fingerprint density at radius 3 is 2.46 bits per heavy atom. The van der Waals surface area contributed by atoms with Crippen LogP contribution in [-0.4, -0.2) is 42.6 Å². The van der Waals surface area contributed by atoms with Crippen LogP contribution in [0.4, 0.5) is 4.39 Å². The number of hydrogen-bond acceptors (Lipinski definition) is 3. The summed E-state index contributed by atoms with van der Waals surface area (Å²) in [5.41, 5.74) is 3.59. The molecular weight excluding hydrogens is 483 g/mol. The smallest absolute Gasteiger partial charge is 0.127 e. The second-order valence-corrected chi connectivity index (χ2v) is 11.3. The molecule has 0 radical (unpaired) electrons. The second kappa shape index (κ2) is 12.4. The van der Waals surface area contributed by atoms with Gasteiger partial charge in [-0.3, -0.25) is 9.80 Å². The molecule has 0 saturated carbocycles. The van der Waals surface area contributed by atoms with E-state index >= 15 is 0 Å². The molecule has 2 heterocycles. The highest BCUT2D eigenvalue weighted by atomic mass is 35.5. The molecule has 0 aliphatic carbocycles. The maximum Gasteiger partial charge on any atom is 0.127 e. The molecule has 2 aliphatic heterocycles. The largest absolute Gasteiger partial charge is 0.492 e. The van der Waals surface area contributed by atoms with Gasteiger partial charge in [0.25, 0.3) is 0 Å². The molecule has 0 aromatic heterocycles. The van der Waals surface area contributed by atoms with Crippen molar-refractivity contribution in [3.8, 4) is 5.75 Å². The lowest BCUT2D eigenvalue weighted by molar-refractivity contribution is 0.0406. The minimum atomic E-state index is -0.120. The Bertz CT molecular complexity index is 1160. The van der Waals surface area contributed by atoms with E-state index in [4.69, 9.17) is 16.3 Å². The first-order valence-corrected chi connectivity index (χ1v) is 14.1. The average Bonchev–Trinajstić information content (AvgIpc) is 2.89. The molecule has 1 saturated heterocycles. The highest BCUT2D eigenvalue weighted by Crippen LogP contribution is 2.39. The Labute approximate surface area is 226 Å². The maximum absolute atomic E-state index is 14.6. The van der Waals surface area contributed by atoms with Gasteiger partial charge in [0.2, 0.25) is 0 Å². The van der Waals surface area contributed by atoms with Crippen LogP contribution in [0.5, 0.6) is 5.75 Å². The highest BCUT2D eigenvalue weighted by Gasteiger charge is 2.36. The molecule has 0 atom stereocenters. The molecule has 3 nitrogen and oxygen atoms in total. The Morgan fingerprint density at radius 1 is 0.811 bits per heavy atom. The maximum atomic E-state index is 14.6. The molecule has 0 bridgehead atoms. The van der Waals surface area contributed by atoms with Crippen LogP contribution in [0.15, 0.2) is 72.8 Å². The Balaban J connectivity index is 1.32. The van der Waals surface area contributed by atoms with E-state index in [1.807, 2.05) is 30.3 Å². The van der Waals surface area contributed by atoms with Crippen LogP contribution in [0.25, 0.3) is 0 Å². The summed E-state index contributed by atoms with van der Waals surface area (Å²) < 4.78 is 20.9. The topological polar surface area (TPSA) is 15.7 Å². The summed E-state index contributed by atoms with van der Waals surface area (Å²) in [6.07, 6.45) is 6.98. The Morgan fingerprint density at radius 2 is 1.62 bits per heavy atom. The molecule has 37 heavy (non-hydrogen) atoms. The van der Waals surface area contributed by atoms with Gasteiger partial charge in [-0.25, -0.2) is 4.39 Å². The van der Waals surface area contributed by atoms with Crippen molar-refractivity contribution in [1.82, 2.24) is 9.80 Å². The average molecular weight is 521 g/mol. The third-order valence-corrected chi connectivity index (χ3v) is 8.40. The number of ether oxygens (including phenoxy) is 1. The number of piperidine rings is 1. The van der Waals surface area contributed by atoms with Crippen molar-refractivity contribution in [2.24, 2.45) is 5.41 Å². The summed E-state index contributed by atoms with van der Waals surface area (Å²) >= 11 is 6.23. The first-order valence-electron chi connectivity index (χ1n) is 13.7.